The van der Waals surface area contributed by atoms with Crippen LogP contribution in [-0.2, 0) is 21.2 Å². The molecule has 0 saturated heterocycles. The molecule has 2 N–H and O–H groups in total. The normalized spacial score (nSPS) is 12.4. The number of rotatable bonds is 5. The van der Waals surface area contributed by atoms with E-state index in [4.69, 9.17) is 5.11 Å². The third-order valence-corrected chi connectivity index (χ3v) is 3.80. The van der Waals surface area contributed by atoms with Crippen molar-refractivity contribution in [3.8, 4) is 0 Å². The summed E-state index contributed by atoms with van der Waals surface area (Å²) in [6.45, 7) is 6.15. The molecule has 0 aliphatic rings. The fourth-order valence-corrected chi connectivity index (χ4v) is 2.64. The fourth-order valence-electron chi connectivity index (χ4n) is 1.36. The van der Waals surface area contributed by atoms with Gasteiger partial charge in [-0.2, -0.15) is 0 Å². The summed E-state index contributed by atoms with van der Waals surface area (Å²) in [7, 11) is -3.54. The maximum atomic E-state index is 12.0. The Bertz CT molecular complexity index is 541. The molecule has 1 aromatic rings. The molecule has 0 atom stereocenters. The van der Waals surface area contributed by atoms with Gasteiger partial charge in [-0.3, -0.25) is 4.79 Å². The van der Waals surface area contributed by atoms with Crippen molar-refractivity contribution in [3.63, 3.8) is 0 Å². The molecule has 106 valence electrons. The van der Waals surface area contributed by atoms with Gasteiger partial charge in [0.1, 0.15) is 0 Å². The Balaban J connectivity index is 2.82. The van der Waals surface area contributed by atoms with Crippen LogP contribution in [0.4, 0.5) is 0 Å². The zero-order chi connectivity index (χ0) is 14.7. The van der Waals surface area contributed by atoms with Crippen molar-refractivity contribution in [1.29, 1.82) is 0 Å². The predicted octanol–water partition coefficient (Wildman–Crippen LogP) is 1.64. The molecule has 0 spiro atoms. The van der Waals surface area contributed by atoms with Gasteiger partial charge in [-0.05, 0) is 23.1 Å². The molecule has 0 heterocycles. The highest BCUT2D eigenvalue weighted by Gasteiger charge is 2.18. The molecule has 0 aromatic heterocycles. The Morgan fingerprint density at radius 1 is 1.21 bits per heavy atom. The average Bonchev–Trinajstić information content (AvgIpc) is 2.26. The number of nitrogens with one attached hydrogen (secondary N) is 1. The van der Waals surface area contributed by atoms with E-state index in [9.17, 15) is 13.2 Å². The molecular formula is C13H19NO4S. The Morgan fingerprint density at radius 3 is 2.16 bits per heavy atom. The quantitative estimate of drug-likeness (QED) is 0.861. The Kier molecular flexibility index (Phi) is 4.70. The van der Waals surface area contributed by atoms with Gasteiger partial charge in [0.15, 0.2) is 0 Å². The minimum absolute atomic E-state index is 0.115. The first-order valence-corrected chi connectivity index (χ1v) is 7.39. The van der Waals surface area contributed by atoms with Crippen molar-refractivity contribution < 1.29 is 18.3 Å². The van der Waals surface area contributed by atoms with E-state index in [2.05, 4.69) is 4.72 Å². The third-order valence-electron chi connectivity index (χ3n) is 2.38. The molecule has 0 aliphatic heterocycles. The highest BCUT2D eigenvalue weighted by Crippen LogP contribution is 2.15. The lowest BCUT2D eigenvalue weighted by Gasteiger charge is -2.18. The number of carboxylic acids is 1. The molecule has 1 rings (SSSR count). The molecule has 0 saturated carbocycles. The minimum Gasteiger partial charge on any atom is -0.481 e. The van der Waals surface area contributed by atoms with Crippen LogP contribution in [0.2, 0.25) is 0 Å². The Labute approximate surface area is 113 Å². The zero-order valence-corrected chi connectivity index (χ0v) is 12.1. The summed E-state index contributed by atoms with van der Waals surface area (Å²) in [5, 5.41) is 8.64. The number of aliphatic carboxylic acids is 1. The van der Waals surface area contributed by atoms with Gasteiger partial charge in [0.2, 0.25) is 10.0 Å². The first kappa shape index (κ1) is 15.7. The maximum Gasteiger partial charge on any atom is 0.307 e. The van der Waals surface area contributed by atoms with Crippen molar-refractivity contribution in [2.45, 2.75) is 32.1 Å². The lowest BCUT2D eigenvalue weighted by Crippen LogP contribution is -2.32. The second-order valence-electron chi connectivity index (χ2n) is 5.60. The smallest absolute Gasteiger partial charge is 0.307 e. The first-order valence-electron chi connectivity index (χ1n) is 5.90. The van der Waals surface area contributed by atoms with Crippen LogP contribution in [0, 0.1) is 5.41 Å². The standard InChI is InChI=1S/C13H19NO4S/c1-13(2,3)9-14-19(17,18)11-6-4-10(5-7-11)8-12(15)16/h4-7,14H,8-9H2,1-3H3,(H,15,16). The van der Waals surface area contributed by atoms with Gasteiger partial charge in [-0.15, -0.1) is 0 Å². The molecule has 6 heteroatoms. The summed E-state index contributed by atoms with van der Waals surface area (Å²) >= 11 is 0. The van der Waals surface area contributed by atoms with Crippen molar-refractivity contribution in [2.75, 3.05) is 6.54 Å². The van der Waals surface area contributed by atoms with Gasteiger partial charge in [0, 0.05) is 6.54 Å². The van der Waals surface area contributed by atoms with Crippen LogP contribution in [0.3, 0.4) is 0 Å². The van der Waals surface area contributed by atoms with Crippen LogP contribution < -0.4 is 4.72 Å². The van der Waals surface area contributed by atoms with Crippen molar-refractivity contribution in [3.05, 3.63) is 29.8 Å². The van der Waals surface area contributed by atoms with Gasteiger partial charge in [-0.25, -0.2) is 13.1 Å². The monoisotopic (exact) mass is 285 g/mol. The molecule has 1 aromatic carbocycles. The number of benzene rings is 1. The lowest BCUT2D eigenvalue weighted by atomic mass is 9.98. The number of sulfonamides is 1. The van der Waals surface area contributed by atoms with E-state index in [0.29, 0.717) is 12.1 Å². The van der Waals surface area contributed by atoms with Crippen LogP contribution in [-0.4, -0.2) is 26.0 Å². The number of hydrogen-bond donors (Lipinski definition) is 2. The minimum atomic E-state index is -3.54. The van der Waals surface area contributed by atoms with Crippen LogP contribution in [0.15, 0.2) is 29.2 Å². The average molecular weight is 285 g/mol. The molecule has 0 bridgehead atoms. The zero-order valence-electron chi connectivity index (χ0n) is 11.3. The molecule has 19 heavy (non-hydrogen) atoms. The summed E-state index contributed by atoms with van der Waals surface area (Å²) in [5.41, 5.74) is 0.429. The summed E-state index contributed by atoms with van der Waals surface area (Å²) in [4.78, 5) is 10.7. The van der Waals surface area contributed by atoms with Gasteiger partial charge < -0.3 is 5.11 Å². The van der Waals surface area contributed by atoms with Crippen molar-refractivity contribution >= 4 is 16.0 Å². The first-order chi connectivity index (χ1) is 8.60. The maximum absolute atomic E-state index is 12.0. The van der Waals surface area contributed by atoms with E-state index in [1.165, 1.54) is 24.3 Å². The second-order valence-corrected chi connectivity index (χ2v) is 7.37. The topological polar surface area (TPSA) is 83.5 Å². The van der Waals surface area contributed by atoms with Crippen LogP contribution in [0.5, 0.6) is 0 Å². The highest BCUT2D eigenvalue weighted by molar-refractivity contribution is 7.89. The number of hydrogen-bond acceptors (Lipinski definition) is 3. The SMILES string of the molecule is CC(C)(C)CNS(=O)(=O)c1ccc(CC(=O)O)cc1. The van der Waals surface area contributed by atoms with Crippen LogP contribution in [0.1, 0.15) is 26.3 Å². The number of carboxylic acid groups (broad SMARTS) is 1. The van der Waals surface area contributed by atoms with Gasteiger partial charge in [0.25, 0.3) is 0 Å². The molecule has 0 aliphatic carbocycles. The Hall–Kier alpha value is -1.40. The van der Waals surface area contributed by atoms with Crippen molar-refractivity contribution in [2.24, 2.45) is 5.41 Å². The summed E-state index contributed by atoms with van der Waals surface area (Å²) < 4.78 is 26.5. The van der Waals surface area contributed by atoms with E-state index in [-0.39, 0.29) is 16.7 Å². The fraction of sp³-hybridized carbons (Fsp3) is 0.462. The van der Waals surface area contributed by atoms with Gasteiger partial charge in [0.05, 0.1) is 11.3 Å². The molecule has 5 nitrogen and oxygen atoms in total. The molecule has 0 radical (unpaired) electrons. The largest absolute Gasteiger partial charge is 0.481 e. The van der Waals surface area contributed by atoms with E-state index >= 15 is 0 Å². The second kappa shape index (κ2) is 5.71. The van der Waals surface area contributed by atoms with E-state index in [1.807, 2.05) is 20.8 Å². The third kappa shape index (κ3) is 5.40. The van der Waals surface area contributed by atoms with E-state index < -0.39 is 16.0 Å². The van der Waals surface area contributed by atoms with E-state index in [1.54, 1.807) is 0 Å². The molecule has 0 unspecified atom stereocenters. The molecule has 0 fully saturated rings. The summed E-state index contributed by atoms with van der Waals surface area (Å²) in [6.07, 6.45) is -0.115. The summed E-state index contributed by atoms with van der Waals surface area (Å²) in [6, 6.07) is 5.87. The molecule has 0 amide bonds. The highest BCUT2D eigenvalue weighted by atomic mass is 32.2. The predicted molar refractivity (Wildman–Crippen MR) is 72.4 cm³/mol. The van der Waals surface area contributed by atoms with E-state index in [0.717, 1.165) is 0 Å². The van der Waals surface area contributed by atoms with Gasteiger partial charge in [-0.1, -0.05) is 32.9 Å². The van der Waals surface area contributed by atoms with Gasteiger partial charge >= 0.3 is 5.97 Å². The summed E-state index contributed by atoms with van der Waals surface area (Å²) in [5.74, 6) is -0.943. The van der Waals surface area contributed by atoms with Crippen LogP contribution >= 0.6 is 0 Å². The Morgan fingerprint density at radius 2 is 1.74 bits per heavy atom. The molecular weight excluding hydrogens is 266 g/mol. The van der Waals surface area contributed by atoms with Crippen LogP contribution in [0.25, 0.3) is 0 Å². The lowest BCUT2D eigenvalue weighted by molar-refractivity contribution is -0.136. The number of carbonyl (C=O) groups is 1. The van der Waals surface area contributed by atoms with Crippen molar-refractivity contribution in [1.82, 2.24) is 4.72 Å².